The third kappa shape index (κ3) is 5.93. The van der Waals surface area contributed by atoms with Crippen molar-refractivity contribution < 1.29 is 0 Å². The second kappa shape index (κ2) is 13.2. The molecular weight excluding hydrogens is 665 g/mol. The third-order valence-corrected chi connectivity index (χ3v) is 11.3. The summed E-state index contributed by atoms with van der Waals surface area (Å²) in [5.41, 5.74) is 17.4. The van der Waals surface area contributed by atoms with Crippen molar-refractivity contribution in [3.8, 4) is 78.4 Å². The molecule has 9 aromatic rings. The summed E-state index contributed by atoms with van der Waals surface area (Å²) in [5, 5.41) is 2.58. The van der Waals surface area contributed by atoms with Crippen LogP contribution in [0, 0.1) is 0 Å². The lowest BCUT2D eigenvalue weighted by Gasteiger charge is -2.22. The average Bonchev–Trinajstić information content (AvgIpc) is 3.47. The Morgan fingerprint density at radius 1 is 0.309 bits per heavy atom. The molecule has 55 heavy (non-hydrogen) atoms. The fourth-order valence-electron chi connectivity index (χ4n) is 8.25. The predicted octanol–water partition coefficient (Wildman–Crippen LogP) is 13.9. The van der Waals surface area contributed by atoms with E-state index in [1.165, 1.54) is 60.8 Å². The molecule has 2 heteroatoms. The van der Waals surface area contributed by atoms with Crippen molar-refractivity contribution in [2.75, 3.05) is 0 Å². The lowest BCUT2D eigenvalue weighted by molar-refractivity contribution is 0.661. The van der Waals surface area contributed by atoms with Crippen LogP contribution in [0.15, 0.2) is 194 Å². The molecule has 1 aliphatic rings. The van der Waals surface area contributed by atoms with Crippen molar-refractivity contribution >= 4 is 10.8 Å². The maximum atomic E-state index is 5.15. The Labute approximate surface area is 322 Å². The summed E-state index contributed by atoms with van der Waals surface area (Å²) in [6.45, 7) is 4.70. The van der Waals surface area contributed by atoms with Crippen molar-refractivity contribution in [1.82, 2.24) is 9.97 Å². The normalized spacial score (nSPS) is 12.7. The summed E-state index contributed by atoms with van der Waals surface area (Å²) in [6.07, 6.45) is 0. The van der Waals surface area contributed by atoms with Crippen LogP contribution in [-0.2, 0) is 5.41 Å². The fraction of sp³-hybridized carbons (Fsp3) is 0.0566. The Bertz CT molecular complexity index is 2850. The number of benzene rings is 8. The largest absolute Gasteiger partial charge is 0.228 e. The molecule has 10 rings (SSSR count). The Morgan fingerprint density at radius 3 is 1.44 bits per heavy atom. The van der Waals surface area contributed by atoms with Gasteiger partial charge in [-0.05, 0) is 96.7 Å². The zero-order chi connectivity index (χ0) is 36.9. The van der Waals surface area contributed by atoms with Gasteiger partial charge in [-0.2, -0.15) is 0 Å². The highest BCUT2D eigenvalue weighted by molar-refractivity contribution is 5.94. The zero-order valence-electron chi connectivity index (χ0n) is 30.9. The summed E-state index contributed by atoms with van der Waals surface area (Å²) in [6, 6.07) is 69.6. The lowest BCUT2D eigenvalue weighted by Crippen LogP contribution is -2.14. The van der Waals surface area contributed by atoms with Crippen molar-refractivity contribution in [2.24, 2.45) is 0 Å². The fourth-order valence-corrected chi connectivity index (χ4v) is 8.25. The van der Waals surface area contributed by atoms with Gasteiger partial charge < -0.3 is 0 Å². The summed E-state index contributed by atoms with van der Waals surface area (Å²) in [5.74, 6) is 0.708. The second-order valence-corrected chi connectivity index (χ2v) is 15.1. The molecule has 8 aromatic carbocycles. The van der Waals surface area contributed by atoms with Gasteiger partial charge in [0.15, 0.2) is 5.82 Å². The van der Waals surface area contributed by atoms with E-state index >= 15 is 0 Å². The molecule has 0 bridgehead atoms. The minimum Gasteiger partial charge on any atom is -0.228 e. The smallest absolute Gasteiger partial charge is 0.160 e. The molecule has 0 unspecified atom stereocenters. The van der Waals surface area contributed by atoms with Gasteiger partial charge in [0, 0.05) is 22.1 Å². The van der Waals surface area contributed by atoms with Crippen LogP contribution >= 0.6 is 0 Å². The van der Waals surface area contributed by atoms with E-state index in [1.54, 1.807) is 0 Å². The highest BCUT2D eigenvalue weighted by Crippen LogP contribution is 2.51. The molecule has 0 saturated heterocycles. The Hall–Kier alpha value is -6.90. The monoisotopic (exact) mass is 702 g/mol. The molecule has 0 amide bonds. The van der Waals surface area contributed by atoms with Gasteiger partial charge in [-0.15, -0.1) is 0 Å². The Balaban J connectivity index is 0.981. The van der Waals surface area contributed by atoms with Gasteiger partial charge in [-0.3, -0.25) is 0 Å². The first-order valence-electron chi connectivity index (χ1n) is 19.0. The van der Waals surface area contributed by atoms with Gasteiger partial charge in [0.2, 0.25) is 0 Å². The molecule has 1 heterocycles. The summed E-state index contributed by atoms with van der Waals surface area (Å²) < 4.78 is 0. The molecular formula is C53H38N2. The minimum absolute atomic E-state index is 0.0403. The molecule has 0 fully saturated rings. The molecule has 0 radical (unpaired) electrons. The van der Waals surface area contributed by atoms with Gasteiger partial charge in [0.05, 0.1) is 11.4 Å². The van der Waals surface area contributed by atoms with E-state index in [0.717, 1.165) is 33.6 Å². The SMILES string of the molecule is CC1(C)c2ccc(-c3ccc(-c4cccc(-c5cc(-c6ccccc6)nc(-c6ccc(-c7ccccc7)cc6)n5)c4)cc3)cc2-c2cc3ccccc3cc21. The molecule has 1 aromatic heterocycles. The van der Waals surface area contributed by atoms with Gasteiger partial charge in [-0.1, -0.05) is 178 Å². The van der Waals surface area contributed by atoms with Crippen LogP contribution in [0.3, 0.4) is 0 Å². The van der Waals surface area contributed by atoms with Crippen molar-refractivity contribution in [3.05, 3.63) is 205 Å². The molecule has 0 saturated carbocycles. The van der Waals surface area contributed by atoms with Crippen molar-refractivity contribution in [2.45, 2.75) is 19.3 Å². The molecule has 0 N–H and O–H groups in total. The molecule has 2 nitrogen and oxygen atoms in total. The molecule has 260 valence electrons. The maximum absolute atomic E-state index is 5.15. The van der Waals surface area contributed by atoms with Crippen LogP contribution in [0.25, 0.3) is 89.2 Å². The van der Waals surface area contributed by atoms with E-state index < -0.39 is 0 Å². The summed E-state index contributed by atoms with van der Waals surface area (Å²) >= 11 is 0. The highest BCUT2D eigenvalue weighted by Gasteiger charge is 2.35. The van der Waals surface area contributed by atoms with Crippen LogP contribution in [0.1, 0.15) is 25.0 Å². The van der Waals surface area contributed by atoms with Crippen LogP contribution in [0.4, 0.5) is 0 Å². The molecule has 0 atom stereocenters. The standard InChI is InChI=1S/C53H38N2/c1-53(2)48-29-28-44(32-46(48)47-31-42-16-9-10-17-43(42)33-49(47)53)38-22-20-37(21-23-38)41-18-11-19-45(30-41)51-34-50(39-14-7-4-8-15-39)54-52(55-51)40-26-24-36(25-27-40)35-12-5-3-6-13-35/h3-34H,1-2H3. The van der Waals surface area contributed by atoms with Gasteiger partial charge >= 0.3 is 0 Å². The van der Waals surface area contributed by atoms with Crippen molar-refractivity contribution in [3.63, 3.8) is 0 Å². The first kappa shape index (κ1) is 32.7. The topological polar surface area (TPSA) is 25.8 Å². The highest BCUT2D eigenvalue weighted by atomic mass is 14.9. The summed E-state index contributed by atoms with van der Waals surface area (Å²) in [7, 11) is 0. The molecule has 1 aliphatic carbocycles. The minimum atomic E-state index is -0.0403. The van der Waals surface area contributed by atoms with Gasteiger partial charge in [-0.25, -0.2) is 9.97 Å². The first-order valence-corrected chi connectivity index (χ1v) is 19.0. The van der Waals surface area contributed by atoms with E-state index in [2.05, 4.69) is 196 Å². The van der Waals surface area contributed by atoms with Crippen LogP contribution in [0.2, 0.25) is 0 Å². The Morgan fingerprint density at radius 2 is 0.764 bits per heavy atom. The second-order valence-electron chi connectivity index (χ2n) is 15.1. The van der Waals surface area contributed by atoms with Crippen LogP contribution in [-0.4, -0.2) is 9.97 Å². The van der Waals surface area contributed by atoms with E-state index in [0.29, 0.717) is 5.82 Å². The van der Waals surface area contributed by atoms with E-state index in [-0.39, 0.29) is 5.41 Å². The van der Waals surface area contributed by atoms with E-state index in [1.807, 2.05) is 12.1 Å². The quantitative estimate of drug-likeness (QED) is 0.172. The third-order valence-electron chi connectivity index (χ3n) is 11.3. The Kier molecular flexibility index (Phi) is 7.85. The number of fused-ring (bicyclic) bond motifs is 4. The predicted molar refractivity (Wildman–Crippen MR) is 230 cm³/mol. The number of rotatable bonds is 6. The van der Waals surface area contributed by atoms with Crippen LogP contribution in [0.5, 0.6) is 0 Å². The van der Waals surface area contributed by atoms with Crippen molar-refractivity contribution in [1.29, 1.82) is 0 Å². The van der Waals surface area contributed by atoms with E-state index in [4.69, 9.17) is 9.97 Å². The molecule has 0 spiro atoms. The number of hydrogen-bond donors (Lipinski definition) is 0. The molecule has 0 aliphatic heterocycles. The lowest BCUT2D eigenvalue weighted by atomic mass is 9.81. The van der Waals surface area contributed by atoms with Gasteiger partial charge in [0.25, 0.3) is 0 Å². The zero-order valence-corrected chi connectivity index (χ0v) is 30.9. The first-order chi connectivity index (χ1) is 27.0. The number of nitrogens with zero attached hydrogens (tertiary/aromatic N) is 2. The maximum Gasteiger partial charge on any atom is 0.160 e. The van der Waals surface area contributed by atoms with Gasteiger partial charge in [0.1, 0.15) is 0 Å². The average molecular weight is 703 g/mol. The summed E-state index contributed by atoms with van der Waals surface area (Å²) in [4.78, 5) is 10.2. The number of hydrogen-bond acceptors (Lipinski definition) is 2. The number of aromatic nitrogens is 2. The van der Waals surface area contributed by atoms with E-state index in [9.17, 15) is 0 Å². The van der Waals surface area contributed by atoms with Crippen LogP contribution < -0.4 is 0 Å².